The number of hydrogen-bond acceptors (Lipinski definition) is 3. The van der Waals surface area contributed by atoms with Crippen LogP contribution in [0.1, 0.15) is 18.1 Å². The van der Waals surface area contributed by atoms with Crippen LogP contribution in [0.2, 0.25) is 0 Å². The molecule has 2 aromatic carbocycles. The van der Waals surface area contributed by atoms with Crippen LogP contribution >= 0.6 is 0 Å². The summed E-state index contributed by atoms with van der Waals surface area (Å²) in [5.74, 6) is 1.67. The smallest absolute Gasteiger partial charge is 0.191 e. The molecular formula is C22H27N5O. The van der Waals surface area contributed by atoms with E-state index in [-0.39, 0.29) is 0 Å². The molecule has 0 radical (unpaired) electrons. The van der Waals surface area contributed by atoms with Crippen molar-refractivity contribution < 1.29 is 4.74 Å². The molecule has 0 spiro atoms. The lowest BCUT2D eigenvalue weighted by Gasteiger charge is -2.14. The molecule has 0 fully saturated rings. The quantitative estimate of drug-likeness (QED) is 0.467. The van der Waals surface area contributed by atoms with Gasteiger partial charge in [0.1, 0.15) is 5.75 Å². The summed E-state index contributed by atoms with van der Waals surface area (Å²) in [6.45, 7) is 4.07. The van der Waals surface area contributed by atoms with Crippen LogP contribution in [0, 0.1) is 0 Å². The van der Waals surface area contributed by atoms with Gasteiger partial charge < -0.3 is 15.4 Å². The molecule has 1 heterocycles. The standard InChI is InChI=1S/C22H27N5O/c1-3-28-21-12-8-7-9-19(21)16-25-22(23-2)24-14-13-18-15-26-27(17-18)20-10-5-4-6-11-20/h4-12,15,17H,3,13-14,16H2,1-2H3,(H2,23,24,25). The zero-order valence-electron chi connectivity index (χ0n) is 16.4. The van der Waals surface area contributed by atoms with Crippen LogP contribution < -0.4 is 15.4 Å². The Morgan fingerprint density at radius 1 is 1.07 bits per heavy atom. The second kappa shape index (κ2) is 10.2. The number of guanidine groups is 1. The van der Waals surface area contributed by atoms with Gasteiger partial charge in [0, 0.05) is 31.9 Å². The Morgan fingerprint density at radius 3 is 2.64 bits per heavy atom. The van der Waals surface area contributed by atoms with E-state index in [4.69, 9.17) is 4.74 Å². The Hall–Kier alpha value is -3.28. The van der Waals surface area contributed by atoms with Crippen molar-refractivity contribution in [3.8, 4) is 11.4 Å². The average molecular weight is 377 g/mol. The number of hydrogen-bond donors (Lipinski definition) is 2. The monoisotopic (exact) mass is 377 g/mol. The van der Waals surface area contributed by atoms with Crippen LogP contribution in [0.4, 0.5) is 0 Å². The highest BCUT2D eigenvalue weighted by Gasteiger charge is 2.05. The first kappa shape index (κ1) is 19.5. The summed E-state index contributed by atoms with van der Waals surface area (Å²) in [5, 5.41) is 11.1. The van der Waals surface area contributed by atoms with Gasteiger partial charge in [-0.3, -0.25) is 4.99 Å². The number of para-hydroxylation sites is 2. The third kappa shape index (κ3) is 5.36. The van der Waals surface area contributed by atoms with Crippen molar-refractivity contribution in [2.45, 2.75) is 19.9 Å². The molecule has 0 atom stereocenters. The van der Waals surface area contributed by atoms with Gasteiger partial charge in [0.15, 0.2) is 5.96 Å². The minimum absolute atomic E-state index is 0.653. The maximum atomic E-state index is 5.67. The van der Waals surface area contributed by atoms with E-state index < -0.39 is 0 Å². The number of rotatable bonds is 8. The van der Waals surface area contributed by atoms with E-state index in [0.717, 1.165) is 35.9 Å². The van der Waals surface area contributed by atoms with Crippen LogP contribution in [-0.2, 0) is 13.0 Å². The van der Waals surface area contributed by atoms with Crippen molar-refractivity contribution in [2.24, 2.45) is 4.99 Å². The summed E-state index contributed by atoms with van der Waals surface area (Å²) in [6, 6.07) is 18.2. The summed E-state index contributed by atoms with van der Waals surface area (Å²) in [5.41, 5.74) is 3.34. The van der Waals surface area contributed by atoms with Crippen molar-refractivity contribution in [1.29, 1.82) is 0 Å². The summed E-state index contributed by atoms with van der Waals surface area (Å²) in [6.07, 6.45) is 4.83. The van der Waals surface area contributed by atoms with Crippen molar-refractivity contribution in [3.05, 3.63) is 78.1 Å². The van der Waals surface area contributed by atoms with Crippen molar-refractivity contribution in [2.75, 3.05) is 20.2 Å². The number of nitrogens with zero attached hydrogens (tertiary/aromatic N) is 3. The Bertz CT molecular complexity index is 889. The molecule has 0 saturated heterocycles. The van der Waals surface area contributed by atoms with Gasteiger partial charge in [-0.15, -0.1) is 0 Å². The lowest BCUT2D eigenvalue weighted by Crippen LogP contribution is -2.37. The number of benzene rings is 2. The molecule has 6 nitrogen and oxygen atoms in total. The molecule has 0 bridgehead atoms. The summed E-state index contributed by atoms with van der Waals surface area (Å²) >= 11 is 0. The zero-order chi connectivity index (χ0) is 19.6. The molecule has 3 aromatic rings. The van der Waals surface area contributed by atoms with Crippen LogP contribution in [0.5, 0.6) is 5.75 Å². The molecular weight excluding hydrogens is 350 g/mol. The third-order valence-corrected chi connectivity index (χ3v) is 4.31. The van der Waals surface area contributed by atoms with Crippen molar-refractivity contribution in [1.82, 2.24) is 20.4 Å². The number of ether oxygens (including phenoxy) is 1. The van der Waals surface area contributed by atoms with E-state index in [1.54, 1.807) is 7.05 Å². The molecule has 3 rings (SSSR count). The number of nitrogens with one attached hydrogen (secondary N) is 2. The van der Waals surface area contributed by atoms with Gasteiger partial charge >= 0.3 is 0 Å². The maximum Gasteiger partial charge on any atom is 0.191 e. The molecule has 146 valence electrons. The van der Waals surface area contributed by atoms with E-state index in [1.165, 1.54) is 5.56 Å². The molecule has 0 saturated carbocycles. The van der Waals surface area contributed by atoms with Gasteiger partial charge in [0.2, 0.25) is 0 Å². The van der Waals surface area contributed by atoms with Crippen molar-refractivity contribution >= 4 is 5.96 Å². The highest BCUT2D eigenvalue weighted by atomic mass is 16.5. The van der Waals surface area contributed by atoms with Crippen LogP contribution in [0.25, 0.3) is 5.69 Å². The molecule has 2 N–H and O–H groups in total. The molecule has 0 aliphatic heterocycles. The SMILES string of the molecule is CCOc1ccccc1CNC(=NC)NCCc1cnn(-c2ccccc2)c1. The average Bonchev–Trinajstić information content (AvgIpc) is 3.21. The van der Waals surface area contributed by atoms with E-state index in [1.807, 2.05) is 66.3 Å². The van der Waals surface area contributed by atoms with Gasteiger partial charge in [-0.1, -0.05) is 36.4 Å². The summed E-state index contributed by atoms with van der Waals surface area (Å²) < 4.78 is 7.57. The Balaban J connectivity index is 1.48. The fourth-order valence-corrected chi connectivity index (χ4v) is 2.88. The fourth-order valence-electron chi connectivity index (χ4n) is 2.88. The lowest BCUT2D eigenvalue weighted by molar-refractivity contribution is 0.336. The normalized spacial score (nSPS) is 11.3. The highest BCUT2D eigenvalue weighted by molar-refractivity contribution is 5.79. The fraction of sp³-hybridized carbons (Fsp3) is 0.273. The lowest BCUT2D eigenvalue weighted by atomic mass is 10.2. The van der Waals surface area contributed by atoms with Gasteiger partial charge in [-0.05, 0) is 37.1 Å². The number of aliphatic imine (C=N–C) groups is 1. The highest BCUT2D eigenvalue weighted by Crippen LogP contribution is 2.17. The van der Waals surface area contributed by atoms with E-state index in [9.17, 15) is 0 Å². The van der Waals surface area contributed by atoms with E-state index >= 15 is 0 Å². The summed E-state index contributed by atoms with van der Waals surface area (Å²) in [7, 11) is 1.78. The van der Waals surface area contributed by atoms with E-state index in [0.29, 0.717) is 13.2 Å². The van der Waals surface area contributed by atoms with Crippen LogP contribution in [0.3, 0.4) is 0 Å². The first-order valence-corrected chi connectivity index (χ1v) is 9.54. The predicted molar refractivity (Wildman–Crippen MR) is 113 cm³/mol. The Labute approximate surface area is 166 Å². The molecule has 0 aliphatic carbocycles. The zero-order valence-corrected chi connectivity index (χ0v) is 16.4. The first-order chi connectivity index (χ1) is 13.8. The Morgan fingerprint density at radius 2 is 1.86 bits per heavy atom. The van der Waals surface area contributed by atoms with E-state index in [2.05, 4.69) is 33.0 Å². The van der Waals surface area contributed by atoms with Crippen LogP contribution in [-0.4, -0.2) is 35.9 Å². The Kier molecular flexibility index (Phi) is 7.07. The largest absolute Gasteiger partial charge is 0.494 e. The van der Waals surface area contributed by atoms with Gasteiger partial charge in [0.05, 0.1) is 18.5 Å². The van der Waals surface area contributed by atoms with Gasteiger partial charge in [-0.2, -0.15) is 5.10 Å². The molecule has 28 heavy (non-hydrogen) atoms. The molecule has 0 amide bonds. The topological polar surface area (TPSA) is 63.5 Å². The summed E-state index contributed by atoms with van der Waals surface area (Å²) in [4.78, 5) is 4.30. The second-order valence-corrected chi connectivity index (χ2v) is 6.27. The minimum atomic E-state index is 0.653. The maximum absolute atomic E-state index is 5.67. The molecule has 0 aliphatic rings. The third-order valence-electron chi connectivity index (χ3n) is 4.31. The minimum Gasteiger partial charge on any atom is -0.494 e. The van der Waals surface area contributed by atoms with Crippen molar-refractivity contribution in [3.63, 3.8) is 0 Å². The number of aromatic nitrogens is 2. The molecule has 0 unspecified atom stereocenters. The molecule has 6 heteroatoms. The predicted octanol–water partition coefficient (Wildman–Crippen LogP) is 3.18. The van der Waals surface area contributed by atoms with Crippen LogP contribution in [0.15, 0.2) is 72.0 Å². The van der Waals surface area contributed by atoms with Gasteiger partial charge in [-0.25, -0.2) is 4.68 Å². The van der Waals surface area contributed by atoms with Gasteiger partial charge in [0.25, 0.3) is 0 Å². The second-order valence-electron chi connectivity index (χ2n) is 6.27. The molecule has 1 aromatic heterocycles. The first-order valence-electron chi connectivity index (χ1n) is 9.54.